The number of hydrogen-bond donors (Lipinski definition) is 1. The minimum absolute atomic E-state index is 0.0702. The predicted molar refractivity (Wildman–Crippen MR) is 187 cm³/mol. The fourth-order valence-electron chi connectivity index (χ4n) is 3.98. The van der Waals surface area contributed by atoms with Gasteiger partial charge < -0.3 is 18.9 Å². The molecule has 0 aliphatic heterocycles. The minimum Gasteiger partial charge on any atom is -0.457 e. The Balaban J connectivity index is 4.52. The number of carbonyl (C=O) groups is 1. The van der Waals surface area contributed by atoms with Crippen LogP contribution in [0.4, 0.5) is 0 Å². The Hall–Kier alpha value is -1.80. The molecule has 2 atom stereocenters. The zero-order chi connectivity index (χ0) is 33.5. The number of quaternary nitrogens is 1. The minimum atomic E-state index is -4.28. The molecule has 2 unspecified atom stereocenters. The Bertz CT molecular complexity index is 906. The van der Waals surface area contributed by atoms with Crippen molar-refractivity contribution in [2.75, 3.05) is 54.1 Å². The van der Waals surface area contributed by atoms with Crippen molar-refractivity contribution in [1.82, 2.24) is 0 Å². The highest BCUT2D eigenvalue weighted by Gasteiger charge is 2.26. The molecule has 0 aromatic heterocycles. The molecular weight excluding hydrogens is 589 g/mol. The number of phosphoric ester groups is 1. The fourth-order valence-corrected chi connectivity index (χ4v) is 4.72. The van der Waals surface area contributed by atoms with Crippen LogP contribution in [0.3, 0.4) is 0 Å². The van der Waals surface area contributed by atoms with Crippen molar-refractivity contribution in [3.8, 4) is 0 Å². The molecule has 9 heteroatoms. The quantitative estimate of drug-likeness (QED) is 0.0272. The second kappa shape index (κ2) is 29.6. The standard InChI is InChI=1S/C36H64NO7P/c1-6-8-10-12-14-16-17-18-19-20-21-22-23-25-27-29-36(38)44-35(33-41-31-28-26-24-15-13-11-9-7-2)34-43-45(39,40)42-32-30-37(3,4)5/h8,10,14,16,18-19,21-22,25,27,35H,6-7,9,11-13,15,17,20,23-24,26,28-34H2,1-5H3/p+1/b10-8-,16-14-,19-18-,22-21-,27-25-. The summed E-state index contributed by atoms with van der Waals surface area (Å²) in [6, 6.07) is 0. The van der Waals surface area contributed by atoms with E-state index >= 15 is 0 Å². The van der Waals surface area contributed by atoms with Crippen LogP contribution in [0, 0.1) is 0 Å². The number of likely N-dealkylation sites (N-methyl/N-ethyl adjacent to an activating group) is 1. The maximum Gasteiger partial charge on any atom is 0.472 e. The molecule has 1 N–H and O–H groups in total. The lowest BCUT2D eigenvalue weighted by Crippen LogP contribution is -2.37. The summed E-state index contributed by atoms with van der Waals surface area (Å²) in [7, 11) is 1.60. The lowest BCUT2D eigenvalue weighted by molar-refractivity contribution is -0.870. The first-order valence-electron chi connectivity index (χ1n) is 17.0. The predicted octanol–water partition coefficient (Wildman–Crippen LogP) is 9.04. The van der Waals surface area contributed by atoms with Gasteiger partial charge in [-0.05, 0) is 38.5 Å². The molecule has 0 fully saturated rings. The number of rotatable bonds is 30. The molecule has 260 valence electrons. The zero-order valence-corrected chi connectivity index (χ0v) is 30.0. The van der Waals surface area contributed by atoms with Gasteiger partial charge in [0.1, 0.15) is 19.3 Å². The molecule has 0 saturated heterocycles. The van der Waals surface area contributed by atoms with E-state index in [9.17, 15) is 14.3 Å². The third-order valence-corrected chi connectivity index (χ3v) is 7.61. The Morgan fingerprint density at radius 3 is 1.73 bits per heavy atom. The van der Waals surface area contributed by atoms with E-state index < -0.39 is 19.9 Å². The molecular formula is C36H65NO7P+. The Morgan fingerprint density at radius 2 is 1.20 bits per heavy atom. The van der Waals surface area contributed by atoms with Gasteiger partial charge in [0.15, 0.2) is 0 Å². The molecule has 0 radical (unpaired) electrons. The molecule has 0 heterocycles. The molecule has 0 bridgehead atoms. The van der Waals surface area contributed by atoms with Crippen molar-refractivity contribution < 1.29 is 37.3 Å². The fraction of sp³-hybridized carbons (Fsp3) is 0.694. The Kier molecular flexibility index (Phi) is 28.4. The second-order valence-electron chi connectivity index (χ2n) is 12.2. The van der Waals surface area contributed by atoms with Crippen LogP contribution >= 0.6 is 7.82 Å². The molecule has 0 aliphatic carbocycles. The second-order valence-corrected chi connectivity index (χ2v) is 13.6. The van der Waals surface area contributed by atoms with Crippen molar-refractivity contribution >= 4 is 13.8 Å². The highest BCUT2D eigenvalue weighted by Crippen LogP contribution is 2.43. The molecule has 45 heavy (non-hydrogen) atoms. The summed E-state index contributed by atoms with van der Waals surface area (Å²) in [6.45, 7) is 5.31. The van der Waals surface area contributed by atoms with E-state index in [-0.39, 0.29) is 26.2 Å². The largest absolute Gasteiger partial charge is 0.472 e. The zero-order valence-electron chi connectivity index (χ0n) is 29.1. The van der Waals surface area contributed by atoms with Gasteiger partial charge in [-0.2, -0.15) is 0 Å². The monoisotopic (exact) mass is 654 g/mol. The SMILES string of the molecule is CC/C=C\C/C=C\C/C=C\C/C=C\C/C=C\CC(=O)OC(COCCCCCCCCCC)COP(=O)(O)OCC[N+](C)(C)C. The van der Waals surface area contributed by atoms with Gasteiger partial charge in [-0.3, -0.25) is 13.8 Å². The molecule has 0 rings (SSSR count). The Labute approximate surface area is 275 Å². The highest BCUT2D eigenvalue weighted by atomic mass is 31.2. The van der Waals surface area contributed by atoms with E-state index in [1.807, 2.05) is 27.2 Å². The van der Waals surface area contributed by atoms with Gasteiger partial charge in [-0.15, -0.1) is 0 Å². The van der Waals surface area contributed by atoms with E-state index in [0.29, 0.717) is 17.6 Å². The molecule has 0 spiro atoms. The summed E-state index contributed by atoms with van der Waals surface area (Å²) in [4.78, 5) is 22.6. The number of nitrogens with zero attached hydrogens (tertiary/aromatic N) is 1. The molecule has 0 aromatic rings. The third kappa shape index (κ3) is 33.4. The number of ether oxygens (including phenoxy) is 2. The number of hydrogen-bond acceptors (Lipinski definition) is 6. The van der Waals surface area contributed by atoms with Gasteiger partial charge in [0.2, 0.25) is 0 Å². The van der Waals surface area contributed by atoms with Gasteiger partial charge >= 0.3 is 13.8 Å². The normalized spacial score (nSPS) is 14.9. The van der Waals surface area contributed by atoms with Gasteiger partial charge in [0.25, 0.3) is 0 Å². The number of esters is 1. The van der Waals surface area contributed by atoms with E-state index in [1.165, 1.54) is 38.5 Å². The molecule has 0 saturated carbocycles. The van der Waals surface area contributed by atoms with Crippen LogP contribution in [0.25, 0.3) is 0 Å². The topological polar surface area (TPSA) is 91.3 Å². The first kappa shape index (κ1) is 43.2. The van der Waals surface area contributed by atoms with Crippen molar-refractivity contribution in [2.45, 2.75) is 110 Å². The average molecular weight is 655 g/mol. The van der Waals surface area contributed by atoms with Crippen LogP contribution in [0.1, 0.15) is 104 Å². The van der Waals surface area contributed by atoms with Crippen LogP contribution in [-0.2, 0) is 27.9 Å². The van der Waals surface area contributed by atoms with Crippen LogP contribution in [0.15, 0.2) is 60.8 Å². The van der Waals surface area contributed by atoms with E-state index in [4.69, 9.17) is 18.5 Å². The van der Waals surface area contributed by atoms with E-state index in [0.717, 1.165) is 44.9 Å². The number of allylic oxidation sites excluding steroid dienone is 9. The molecule has 0 aromatic carbocycles. The lowest BCUT2D eigenvalue weighted by atomic mass is 10.1. The molecule has 0 amide bonds. The summed E-state index contributed by atoms with van der Waals surface area (Å²) in [5.41, 5.74) is 0. The summed E-state index contributed by atoms with van der Waals surface area (Å²) in [5.74, 6) is -0.445. The van der Waals surface area contributed by atoms with Crippen molar-refractivity contribution in [2.24, 2.45) is 0 Å². The van der Waals surface area contributed by atoms with Crippen molar-refractivity contribution in [3.05, 3.63) is 60.8 Å². The average Bonchev–Trinajstić information content (AvgIpc) is 2.98. The summed E-state index contributed by atoms with van der Waals surface area (Å²) in [6.07, 6.45) is 34.3. The van der Waals surface area contributed by atoms with Gasteiger partial charge in [0, 0.05) is 6.61 Å². The number of carbonyl (C=O) groups excluding carboxylic acids is 1. The number of phosphoric acid groups is 1. The maximum absolute atomic E-state index is 12.5. The summed E-state index contributed by atoms with van der Waals surface area (Å²) < 4.78 is 34.5. The van der Waals surface area contributed by atoms with Crippen LogP contribution in [0.5, 0.6) is 0 Å². The summed E-state index contributed by atoms with van der Waals surface area (Å²) in [5, 5.41) is 0. The van der Waals surface area contributed by atoms with Crippen LogP contribution < -0.4 is 0 Å². The molecule has 0 aliphatic rings. The maximum atomic E-state index is 12.5. The number of unbranched alkanes of at least 4 members (excludes halogenated alkanes) is 7. The first-order chi connectivity index (χ1) is 21.6. The first-order valence-corrected chi connectivity index (χ1v) is 18.5. The highest BCUT2D eigenvalue weighted by molar-refractivity contribution is 7.47. The van der Waals surface area contributed by atoms with Gasteiger partial charge in [0.05, 0.1) is 40.8 Å². The van der Waals surface area contributed by atoms with E-state index in [1.54, 1.807) is 6.08 Å². The van der Waals surface area contributed by atoms with Crippen molar-refractivity contribution in [3.63, 3.8) is 0 Å². The van der Waals surface area contributed by atoms with Crippen LogP contribution in [0.2, 0.25) is 0 Å². The van der Waals surface area contributed by atoms with Crippen molar-refractivity contribution in [1.29, 1.82) is 0 Å². The van der Waals surface area contributed by atoms with Crippen LogP contribution in [-0.4, -0.2) is 75.6 Å². The van der Waals surface area contributed by atoms with Gasteiger partial charge in [-0.25, -0.2) is 4.57 Å². The third-order valence-electron chi connectivity index (χ3n) is 6.63. The lowest BCUT2D eigenvalue weighted by Gasteiger charge is -2.24. The van der Waals surface area contributed by atoms with E-state index in [2.05, 4.69) is 62.5 Å². The Morgan fingerprint density at radius 1 is 0.689 bits per heavy atom. The summed E-state index contributed by atoms with van der Waals surface area (Å²) >= 11 is 0. The molecule has 8 nitrogen and oxygen atoms in total. The smallest absolute Gasteiger partial charge is 0.457 e. The van der Waals surface area contributed by atoms with Gasteiger partial charge in [-0.1, -0.05) is 120 Å².